The summed E-state index contributed by atoms with van der Waals surface area (Å²) < 4.78 is 0. The van der Waals surface area contributed by atoms with E-state index in [0.717, 1.165) is 5.56 Å². The lowest BCUT2D eigenvalue weighted by Gasteiger charge is -2.05. The van der Waals surface area contributed by atoms with E-state index in [1.165, 1.54) is 11.6 Å². The molecule has 0 aliphatic carbocycles. The number of hydrogen-bond acceptors (Lipinski definition) is 3. The zero-order chi connectivity index (χ0) is 12.3. The van der Waals surface area contributed by atoms with Gasteiger partial charge in [0.05, 0.1) is 0 Å². The molecule has 1 aromatic carbocycles. The van der Waals surface area contributed by atoms with Gasteiger partial charge in [-0.3, -0.25) is 14.8 Å². The van der Waals surface area contributed by atoms with E-state index in [2.05, 4.69) is 15.3 Å². The summed E-state index contributed by atoms with van der Waals surface area (Å²) in [5.74, 6) is 0.416. The Kier molecular flexibility index (Phi) is 3.09. The number of nitrogens with one attached hydrogen (secondary N) is 3. The Morgan fingerprint density at radius 1 is 1.12 bits per heavy atom. The van der Waals surface area contributed by atoms with Crippen molar-refractivity contribution in [3.8, 4) is 0 Å². The topological polar surface area (TPSA) is 77.8 Å². The van der Waals surface area contributed by atoms with Gasteiger partial charge in [-0.1, -0.05) is 29.8 Å². The highest BCUT2D eigenvalue weighted by atomic mass is 16.2. The fourth-order valence-corrected chi connectivity index (χ4v) is 1.47. The SMILES string of the molecule is Cc1ccc(CNc2cc(=O)[nH]c(=O)[nH]2)cc1. The van der Waals surface area contributed by atoms with Crippen LogP contribution in [0, 0.1) is 6.92 Å². The molecule has 0 bridgehead atoms. The molecule has 0 aliphatic heterocycles. The van der Waals surface area contributed by atoms with E-state index in [-0.39, 0.29) is 0 Å². The number of aromatic nitrogens is 2. The van der Waals surface area contributed by atoms with Crippen molar-refractivity contribution < 1.29 is 0 Å². The lowest BCUT2D eigenvalue weighted by Crippen LogP contribution is -2.22. The largest absolute Gasteiger partial charge is 0.367 e. The van der Waals surface area contributed by atoms with Crippen LogP contribution < -0.4 is 16.6 Å². The first-order chi connectivity index (χ1) is 8.13. The number of aromatic amines is 2. The van der Waals surface area contributed by atoms with Crippen molar-refractivity contribution in [2.75, 3.05) is 5.32 Å². The monoisotopic (exact) mass is 231 g/mol. The standard InChI is InChI=1S/C12H13N3O2/c1-8-2-4-9(5-3-8)7-13-10-6-11(16)15-12(17)14-10/h2-6H,7H2,1H3,(H3,13,14,15,16,17). The Bertz CT molecular complexity index is 582. The molecule has 0 radical (unpaired) electrons. The van der Waals surface area contributed by atoms with Gasteiger partial charge in [-0.2, -0.15) is 0 Å². The molecule has 2 aromatic rings. The molecule has 1 aromatic heterocycles. The molecule has 0 saturated carbocycles. The molecule has 0 saturated heterocycles. The number of aryl methyl sites for hydroxylation is 1. The quantitative estimate of drug-likeness (QED) is 0.737. The van der Waals surface area contributed by atoms with Crippen molar-refractivity contribution in [3.05, 3.63) is 62.3 Å². The van der Waals surface area contributed by atoms with Gasteiger partial charge in [-0.25, -0.2) is 4.79 Å². The van der Waals surface area contributed by atoms with Crippen LogP contribution in [0.5, 0.6) is 0 Å². The molecule has 5 nitrogen and oxygen atoms in total. The molecule has 0 spiro atoms. The van der Waals surface area contributed by atoms with Gasteiger partial charge in [0.1, 0.15) is 5.82 Å². The summed E-state index contributed by atoms with van der Waals surface area (Å²) >= 11 is 0. The Hall–Kier alpha value is -2.30. The molecular formula is C12H13N3O2. The maximum absolute atomic E-state index is 11.1. The van der Waals surface area contributed by atoms with E-state index in [1.54, 1.807) is 0 Å². The van der Waals surface area contributed by atoms with Crippen LogP contribution in [-0.4, -0.2) is 9.97 Å². The third-order valence-electron chi connectivity index (χ3n) is 2.36. The van der Waals surface area contributed by atoms with Crippen LogP contribution >= 0.6 is 0 Å². The van der Waals surface area contributed by atoms with Crippen molar-refractivity contribution >= 4 is 5.82 Å². The summed E-state index contributed by atoms with van der Waals surface area (Å²) in [6.07, 6.45) is 0. The maximum Gasteiger partial charge on any atom is 0.327 e. The number of benzene rings is 1. The minimum absolute atomic E-state index is 0.416. The van der Waals surface area contributed by atoms with Gasteiger partial charge in [0.2, 0.25) is 0 Å². The van der Waals surface area contributed by atoms with Crippen molar-refractivity contribution in [1.82, 2.24) is 9.97 Å². The maximum atomic E-state index is 11.1. The average Bonchev–Trinajstić information content (AvgIpc) is 2.27. The molecule has 2 rings (SSSR count). The first-order valence-electron chi connectivity index (χ1n) is 5.26. The second-order valence-corrected chi connectivity index (χ2v) is 3.84. The van der Waals surface area contributed by atoms with Gasteiger partial charge >= 0.3 is 5.69 Å². The van der Waals surface area contributed by atoms with Crippen LogP contribution in [0.25, 0.3) is 0 Å². The predicted octanol–water partition coefficient (Wildman–Crippen LogP) is 0.984. The minimum atomic E-state index is -0.510. The number of rotatable bonds is 3. The molecule has 0 fully saturated rings. The molecule has 3 N–H and O–H groups in total. The van der Waals surface area contributed by atoms with Gasteiger partial charge in [0.25, 0.3) is 5.56 Å². The molecule has 1 heterocycles. The van der Waals surface area contributed by atoms with Crippen molar-refractivity contribution in [2.45, 2.75) is 13.5 Å². The van der Waals surface area contributed by atoms with Gasteiger partial charge < -0.3 is 5.32 Å². The Labute approximate surface area is 97.5 Å². The van der Waals surface area contributed by atoms with Crippen LogP contribution in [0.15, 0.2) is 39.9 Å². The first kappa shape index (κ1) is 11.2. The second-order valence-electron chi connectivity index (χ2n) is 3.84. The zero-order valence-corrected chi connectivity index (χ0v) is 9.41. The molecule has 88 valence electrons. The summed E-state index contributed by atoms with van der Waals surface area (Å²) in [7, 11) is 0. The van der Waals surface area contributed by atoms with E-state index < -0.39 is 11.2 Å². The number of anilines is 1. The van der Waals surface area contributed by atoms with Gasteiger partial charge in [-0.15, -0.1) is 0 Å². The highest BCUT2D eigenvalue weighted by molar-refractivity contribution is 5.33. The van der Waals surface area contributed by atoms with Crippen LogP contribution in [0.1, 0.15) is 11.1 Å². The Morgan fingerprint density at radius 3 is 2.47 bits per heavy atom. The smallest absolute Gasteiger partial charge is 0.327 e. The van der Waals surface area contributed by atoms with Crippen LogP contribution in [0.3, 0.4) is 0 Å². The van der Waals surface area contributed by atoms with Crippen molar-refractivity contribution in [2.24, 2.45) is 0 Å². The average molecular weight is 231 g/mol. The highest BCUT2D eigenvalue weighted by Gasteiger charge is 1.96. The summed E-state index contributed by atoms with van der Waals surface area (Å²) in [5.41, 5.74) is 1.35. The van der Waals surface area contributed by atoms with Gasteiger partial charge in [0, 0.05) is 12.6 Å². The summed E-state index contributed by atoms with van der Waals surface area (Å²) in [5, 5.41) is 2.99. The zero-order valence-electron chi connectivity index (χ0n) is 9.41. The fraction of sp³-hybridized carbons (Fsp3) is 0.167. The van der Waals surface area contributed by atoms with Crippen molar-refractivity contribution in [1.29, 1.82) is 0 Å². The number of H-pyrrole nitrogens is 2. The molecule has 5 heteroatoms. The van der Waals surface area contributed by atoms with Gasteiger partial charge in [0.15, 0.2) is 0 Å². The molecule has 0 unspecified atom stereocenters. The normalized spacial score (nSPS) is 10.2. The van der Waals surface area contributed by atoms with Crippen LogP contribution in [0.4, 0.5) is 5.82 Å². The summed E-state index contributed by atoms with van der Waals surface area (Å²) in [6, 6.07) is 9.33. The molecule has 17 heavy (non-hydrogen) atoms. The highest BCUT2D eigenvalue weighted by Crippen LogP contribution is 2.05. The third kappa shape index (κ3) is 3.07. The minimum Gasteiger partial charge on any atom is -0.367 e. The Morgan fingerprint density at radius 2 is 1.82 bits per heavy atom. The second kappa shape index (κ2) is 4.69. The van der Waals surface area contributed by atoms with E-state index in [0.29, 0.717) is 12.4 Å². The molecule has 0 atom stereocenters. The predicted molar refractivity (Wildman–Crippen MR) is 66.2 cm³/mol. The fourth-order valence-electron chi connectivity index (χ4n) is 1.47. The molecule has 0 aliphatic rings. The van der Waals surface area contributed by atoms with Crippen LogP contribution in [-0.2, 0) is 6.54 Å². The van der Waals surface area contributed by atoms with E-state index in [1.807, 2.05) is 31.2 Å². The summed E-state index contributed by atoms with van der Waals surface area (Å²) in [4.78, 5) is 26.7. The lowest BCUT2D eigenvalue weighted by molar-refractivity contribution is 1.01. The van der Waals surface area contributed by atoms with E-state index >= 15 is 0 Å². The Balaban J connectivity index is 2.09. The van der Waals surface area contributed by atoms with E-state index in [4.69, 9.17) is 0 Å². The molecular weight excluding hydrogens is 218 g/mol. The third-order valence-corrected chi connectivity index (χ3v) is 2.36. The molecule has 0 amide bonds. The number of hydrogen-bond donors (Lipinski definition) is 3. The van der Waals surface area contributed by atoms with E-state index in [9.17, 15) is 9.59 Å². The van der Waals surface area contributed by atoms with Crippen LogP contribution in [0.2, 0.25) is 0 Å². The lowest BCUT2D eigenvalue weighted by atomic mass is 10.1. The van der Waals surface area contributed by atoms with Gasteiger partial charge in [-0.05, 0) is 12.5 Å². The van der Waals surface area contributed by atoms with Crippen molar-refractivity contribution in [3.63, 3.8) is 0 Å². The first-order valence-corrected chi connectivity index (χ1v) is 5.26. The summed E-state index contributed by atoms with van der Waals surface area (Å²) in [6.45, 7) is 2.57.